The van der Waals surface area contributed by atoms with Crippen LogP contribution in [0.1, 0.15) is 43.2 Å². The normalized spacial score (nSPS) is 11.1. The minimum Gasteiger partial charge on any atom is -0.359 e. The summed E-state index contributed by atoms with van der Waals surface area (Å²) in [6, 6.07) is 8.07. The molecule has 0 aliphatic heterocycles. The first-order valence-electron chi connectivity index (χ1n) is 8.24. The van der Waals surface area contributed by atoms with Crippen LogP contribution in [-0.2, 0) is 9.59 Å². The molecule has 0 saturated carbocycles. The summed E-state index contributed by atoms with van der Waals surface area (Å²) in [7, 11) is 0. The Bertz CT molecular complexity index is 808. The van der Waals surface area contributed by atoms with Gasteiger partial charge in [-0.25, -0.2) is 0 Å². The molecular weight excluding hydrogens is 354 g/mol. The molecule has 2 rings (SSSR count). The number of nitrogens with one attached hydrogen (secondary N) is 3. The number of rotatable bonds is 6. The van der Waals surface area contributed by atoms with Gasteiger partial charge in [0.1, 0.15) is 0 Å². The number of anilines is 1. The summed E-state index contributed by atoms with van der Waals surface area (Å²) in [5.74, 6) is -0.699. The standard InChI is InChI=1S/C19H22ClN3O3/c1-19(2,3)18(26)22-10-8-16(24)23-14-7-6-12(20)11-13(14)17(25)15-5-4-9-21-15/h4-7,9,11,21H,8,10H2,1-3H3,(H,22,26)(H,23,24). The van der Waals surface area contributed by atoms with E-state index in [1.165, 1.54) is 6.07 Å². The molecule has 0 fully saturated rings. The van der Waals surface area contributed by atoms with Gasteiger partial charge in [0.05, 0.1) is 11.4 Å². The van der Waals surface area contributed by atoms with Gasteiger partial charge in [0.25, 0.3) is 0 Å². The van der Waals surface area contributed by atoms with Crippen LogP contribution in [0.25, 0.3) is 0 Å². The first kappa shape index (κ1) is 19.7. The van der Waals surface area contributed by atoms with Crippen LogP contribution in [0.5, 0.6) is 0 Å². The third-order valence-electron chi connectivity index (χ3n) is 3.66. The van der Waals surface area contributed by atoms with E-state index in [0.717, 1.165) is 0 Å². The Kier molecular flexibility index (Phi) is 6.21. The molecule has 26 heavy (non-hydrogen) atoms. The number of hydrogen-bond acceptors (Lipinski definition) is 3. The first-order chi connectivity index (χ1) is 12.2. The lowest BCUT2D eigenvalue weighted by Gasteiger charge is -2.17. The molecule has 138 valence electrons. The predicted molar refractivity (Wildman–Crippen MR) is 101 cm³/mol. The fourth-order valence-corrected chi connectivity index (χ4v) is 2.37. The molecule has 0 unspecified atom stereocenters. The molecule has 0 saturated heterocycles. The Morgan fingerprint density at radius 2 is 1.88 bits per heavy atom. The molecule has 0 spiro atoms. The number of aromatic amines is 1. The largest absolute Gasteiger partial charge is 0.359 e. The van der Waals surface area contributed by atoms with Crippen molar-refractivity contribution in [2.45, 2.75) is 27.2 Å². The van der Waals surface area contributed by atoms with Crippen LogP contribution in [0.2, 0.25) is 5.02 Å². The number of amides is 2. The van der Waals surface area contributed by atoms with Gasteiger partial charge >= 0.3 is 0 Å². The highest BCUT2D eigenvalue weighted by molar-refractivity contribution is 6.31. The average Bonchev–Trinajstić information content (AvgIpc) is 3.09. The summed E-state index contributed by atoms with van der Waals surface area (Å²) in [5, 5.41) is 5.82. The summed E-state index contributed by atoms with van der Waals surface area (Å²) in [6.07, 6.45) is 1.74. The van der Waals surface area contributed by atoms with E-state index in [1.54, 1.807) is 51.2 Å². The fraction of sp³-hybridized carbons (Fsp3) is 0.316. The van der Waals surface area contributed by atoms with Crippen LogP contribution in [0.3, 0.4) is 0 Å². The molecule has 6 nitrogen and oxygen atoms in total. The molecule has 0 aliphatic rings. The van der Waals surface area contributed by atoms with Crippen molar-refractivity contribution in [3.8, 4) is 0 Å². The topological polar surface area (TPSA) is 91.1 Å². The highest BCUT2D eigenvalue weighted by Crippen LogP contribution is 2.23. The lowest BCUT2D eigenvalue weighted by Crippen LogP contribution is -2.36. The van der Waals surface area contributed by atoms with Gasteiger partial charge in [-0.05, 0) is 30.3 Å². The van der Waals surface area contributed by atoms with Crippen molar-refractivity contribution in [3.05, 3.63) is 52.8 Å². The zero-order valence-corrected chi connectivity index (χ0v) is 15.7. The molecule has 1 aromatic carbocycles. The second-order valence-corrected chi connectivity index (χ2v) is 7.34. The average molecular weight is 376 g/mol. The van der Waals surface area contributed by atoms with Crippen LogP contribution in [0.15, 0.2) is 36.5 Å². The van der Waals surface area contributed by atoms with E-state index in [2.05, 4.69) is 15.6 Å². The van der Waals surface area contributed by atoms with E-state index in [0.29, 0.717) is 22.0 Å². The number of H-pyrrole nitrogens is 1. The molecule has 1 aromatic heterocycles. The maximum atomic E-state index is 12.6. The first-order valence-corrected chi connectivity index (χ1v) is 8.62. The van der Waals surface area contributed by atoms with Crippen molar-refractivity contribution in [2.24, 2.45) is 5.41 Å². The molecular formula is C19H22ClN3O3. The Morgan fingerprint density at radius 3 is 2.50 bits per heavy atom. The second kappa shape index (κ2) is 8.19. The lowest BCUT2D eigenvalue weighted by molar-refractivity contribution is -0.128. The summed E-state index contributed by atoms with van der Waals surface area (Å²) < 4.78 is 0. The number of aromatic nitrogens is 1. The molecule has 7 heteroatoms. The van der Waals surface area contributed by atoms with Crippen LogP contribution < -0.4 is 10.6 Å². The Hall–Kier alpha value is -2.60. The third-order valence-corrected chi connectivity index (χ3v) is 3.90. The van der Waals surface area contributed by atoms with Gasteiger partial charge in [0.15, 0.2) is 0 Å². The fourth-order valence-electron chi connectivity index (χ4n) is 2.20. The third kappa shape index (κ3) is 5.20. The summed E-state index contributed by atoms with van der Waals surface area (Å²) in [5.41, 5.74) is 0.566. The van der Waals surface area contributed by atoms with E-state index in [-0.39, 0.29) is 30.6 Å². The zero-order valence-electron chi connectivity index (χ0n) is 15.0. The minimum atomic E-state index is -0.512. The minimum absolute atomic E-state index is 0.0978. The second-order valence-electron chi connectivity index (χ2n) is 6.91. The number of carbonyl (C=O) groups is 3. The number of carbonyl (C=O) groups excluding carboxylic acids is 3. The van der Waals surface area contributed by atoms with Crippen LogP contribution >= 0.6 is 11.6 Å². The van der Waals surface area contributed by atoms with Gasteiger partial charge in [-0.1, -0.05) is 32.4 Å². The summed E-state index contributed by atoms with van der Waals surface area (Å²) in [6.45, 7) is 5.62. The molecule has 0 aliphatic carbocycles. The van der Waals surface area contributed by atoms with Crippen molar-refractivity contribution >= 4 is 34.9 Å². The Balaban J connectivity index is 2.04. The van der Waals surface area contributed by atoms with E-state index in [1.807, 2.05) is 0 Å². The van der Waals surface area contributed by atoms with Crippen molar-refractivity contribution in [3.63, 3.8) is 0 Å². The van der Waals surface area contributed by atoms with E-state index >= 15 is 0 Å². The van der Waals surface area contributed by atoms with E-state index in [9.17, 15) is 14.4 Å². The molecule has 0 bridgehead atoms. The molecule has 1 heterocycles. The molecule has 0 atom stereocenters. The monoisotopic (exact) mass is 375 g/mol. The van der Waals surface area contributed by atoms with Gasteiger partial charge in [0.2, 0.25) is 17.6 Å². The van der Waals surface area contributed by atoms with Crippen LogP contribution in [0, 0.1) is 5.41 Å². The number of halogens is 1. The van der Waals surface area contributed by atoms with Crippen molar-refractivity contribution in [2.75, 3.05) is 11.9 Å². The van der Waals surface area contributed by atoms with Gasteiger partial charge in [-0.15, -0.1) is 0 Å². The summed E-state index contributed by atoms with van der Waals surface area (Å²) in [4.78, 5) is 39.4. The van der Waals surface area contributed by atoms with Crippen LogP contribution in [0.4, 0.5) is 5.69 Å². The van der Waals surface area contributed by atoms with Gasteiger partial charge in [0, 0.05) is 35.2 Å². The Morgan fingerprint density at radius 1 is 1.15 bits per heavy atom. The molecule has 0 radical (unpaired) electrons. The number of benzene rings is 1. The smallest absolute Gasteiger partial charge is 0.226 e. The molecule has 3 N–H and O–H groups in total. The van der Waals surface area contributed by atoms with Gasteiger partial charge in [-0.2, -0.15) is 0 Å². The molecule has 2 amide bonds. The maximum Gasteiger partial charge on any atom is 0.226 e. The van der Waals surface area contributed by atoms with Gasteiger partial charge < -0.3 is 15.6 Å². The van der Waals surface area contributed by atoms with Crippen LogP contribution in [-0.4, -0.2) is 29.1 Å². The quantitative estimate of drug-likeness (QED) is 0.676. The van der Waals surface area contributed by atoms with Crippen molar-refractivity contribution < 1.29 is 14.4 Å². The number of ketones is 1. The SMILES string of the molecule is CC(C)(C)C(=O)NCCC(=O)Nc1ccc(Cl)cc1C(=O)c1ccc[nH]1. The highest BCUT2D eigenvalue weighted by Gasteiger charge is 2.21. The number of hydrogen-bond donors (Lipinski definition) is 3. The predicted octanol–water partition coefficient (Wildman–Crippen LogP) is 3.39. The zero-order chi connectivity index (χ0) is 19.3. The van der Waals surface area contributed by atoms with Crippen molar-refractivity contribution in [1.82, 2.24) is 10.3 Å². The van der Waals surface area contributed by atoms with Crippen molar-refractivity contribution in [1.29, 1.82) is 0 Å². The molecule has 2 aromatic rings. The summed E-state index contributed by atoms with van der Waals surface area (Å²) >= 11 is 6.00. The van der Waals surface area contributed by atoms with Gasteiger partial charge in [-0.3, -0.25) is 14.4 Å². The van der Waals surface area contributed by atoms with E-state index < -0.39 is 5.41 Å². The lowest BCUT2D eigenvalue weighted by atomic mass is 9.96. The van der Waals surface area contributed by atoms with E-state index in [4.69, 9.17) is 11.6 Å². The highest BCUT2D eigenvalue weighted by atomic mass is 35.5. The maximum absolute atomic E-state index is 12.6. The Labute approximate surface area is 157 Å².